The molecule has 0 bridgehead atoms. The van der Waals surface area contributed by atoms with Crippen molar-refractivity contribution in [3.63, 3.8) is 0 Å². The van der Waals surface area contributed by atoms with E-state index in [4.69, 9.17) is 0 Å². The van der Waals surface area contributed by atoms with Gasteiger partial charge in [-0.05, 0) is 6.42 Å². The van der Waals surface area contributed by atoms with Gasteiger partial charge >= 0.3 is 41.9 Å². The molecule has 31 heavy (non-hydrogen) atoms. The van der Waals surface area contributed by atoms with Crippen LogP contribution in [0.2, 0.25) is 13.1 Å². The van der Waals surface area contributed by atoms with Crippen molar-refractivity contribution in [2.24, 2.45) is 0 Å². The molecule has 2 heteroatoms. The van der Waals surface area contributed by atoms with Gasteiger partial charge in [-0.25, -0.2) is 0 Å². The van der Waals surface area contributed by atoms with E-state index in [1.807, 2.05) is 0 Å². The number of aryl methyl sites for hydroxylation is 3. The first kappa shape index (κ1) is 25.8. The van der Waals surface area contributed by atoms with E-state index >= 15 is 0 Å². The molecule has 0 unspecified atom stereocenters. The van der Waals surface area contributed by atoms with Crippen molar-refractivity contribution < 1.29 is 23.3 Å². The fraction of sp³-hybridized carbons (Fsp3) is 0.310. The molecule has 0 aliphatic carbocycles. The van der Waals surface area contributed by atoms with Crippen LogP contribution in [0.3, 0.4) is 0 Å². The SMILES string of the molecule is CCCc1[cH-]c2ccccc2c1-c1ccccc1.C[Si](C)=[Zr+2].Cc1[cH-]c(C)c(C)c1C. The number of hydrogen-bond acceptors (Lipinski definition) is 0. The minimum Gasteiger partial charge on any atom is -0.196 e. The molecular formula is C29H36SiZr. The Hall–Kier alpha value is -1.50. The summed E-state index contributed by atoms with van der Waals surface area (Å²) in [5, 5.41) is 2.74. The third-order valence-electron chi connectivity index (χ3n) is 5.64. The zero-order chi connectivity index (χ0) is 23.0. The van der Waals surface area contributed by atoms with Crippen molar-refractivity contribution in [1.29, 1.82) is 0 Å². The maximum atomic E-state index is 2.35. The summed E-state index contributed by atoms with van der Waals surface area (Å²) in [5.74, 6) is 0. The molecule has 0 amide bonds. The molecule has 0 fully saturated rings. The van der Waals surface area contributed by atoms with E-state index in [0.717, 1.165) is 6.42 Å². The normalized spacial score (nSPS) is 10.2. The van der Waals surface area contributed by atoms with Crippen LogP contribution in [0.4, 0.5) is 0 Å². The molecule has 0 radical (unpaired) electrons. The van der Waals surface area contributed by atoms with E-state index in [0.29, 0.717) is 0 Å². The molecule has 0 saturated carbocycles. The second-order valence-corrected chi connectivity index (χ2v) is 17.9. The van der Waals surface area contributed by atoms with Gasteiger partial charge in [-0.1, -0.05) is 83.0 Å². The molecule has 4 rings (SSSR count). The van der Waals surface area contributed by atoms with Crippen LogP contribution in [-0.4, -0.2) is 5.43 Å². The molecule has 4 aromatic rings. The molecule has 4 aromatic carbocycles. The van der Waals surface area contributed by atoms with Crippen molar-refractivity contribution in [2.75, 3.05) is 0 Å². The molecule has 0 heterocycles. The fourth-order valence-electron chi connectivity index (χ4n) is 3.83. The zero-order valence-electron chi connectivity index (χ0n) is 20.3. The van der Waals surface area contributed by atoms with E-state index in [9.17, 15) is 0 Å². The Kier molecular flexibility index (Phi) is 10.4. The summed E-state index contributed by atoms with van der Waals surface area (Å²) in [7, 11) is 0. The van der Waals surface area contributed by atoms with Crippen molar-refractivity contribution in [3.8, 4) is 11.1 Å². The fourth-order valence-corrected chi connectivity index (χ4v) is 3.83. The van der Waals surface area contributed by atoms with E-state index in [-0.39, 0.29) is 5.43 Å². The third-order valence-corrected chi connectivity index (χ3v) is 5.64. The molecule has 160 valence electrons. The number of rotatable bonds is 3. The van der Waals surface area contributed by atoms with Gasteiger partial charge < -0.3 is 0 Å². The maximum Gasteiger partial charge on any atom is -0.0632 e. The molecule has 0 atom stereocenters. The van der Waals surface area contributed by atoms with Crippen LogP contribution in [0.15, 0.2) is 66.7 Å². The minimum atomic E-state index is 0.210. The van der Waals surface area contributed by atoms with Gasteiger partial charge in [-0.15, -0.1) is 46.2 Å². The Labute approximate surface area is 204 Å². The summed E-state index contributed by atoms with van der Waals surface area (Å²) in [6.07, 6.45) is 2.34. The van der Waals surface area contributed by atoms with Crippen molar-refractivity contribution in [1.82, 2.24) is 0 Å². The molecule has 0 spiro atoms. The molecule has 0 nitrogen and oxygen atoms in total. The molecule has 0 N–H and O–H groups in total. The first-order chi connectivity index (χ1) is 14.8. The topological polar surface area (TPSA) is 0 Å². The number of fused-ring (bicyclic) bond motifs is 1. The summed E-state index contributed by atoms with van der Waals surface area (Å²) in [6.45, 7) is 15.5. The average molecular weight is 504 g/mol. The monoisotopic (exact) mass is 502 g/mol. The predicted octanol–water partition coefficient (Wildman–Crippen LogP) is 8.60. The van der Waals surface area contributed by atoms with Crippen LogP contribution >= 0.6 is 0 Å². The minimum absolute atomic E-state index is 0.210. The first-order valence-electron chi connectivity index (χ1n) is 11.2. The van der Waals surface area contributed by atoms with E-state index < -0.39 is 0 Å². The second kappa shape index (κ2) is 12.5. The third kappa shape index (κ3) is 7.26. The number of hydrogen-bond donors (Lipinski definition) is 0. The van der Waals surface area contributed by atoms with Gasteiger partial charge in [0.25, 0.3) is 0 Å². The van der Waals surface area contributed by atoms with Crippen LogP contribution in [0.5, 0.6) is 0 Å². The summed E-state index contributed by atoms with van der Waals surface area (Å²) in [5.41, 5.74) is 10.2. The average Bonchev–Trinajstić information content (AvgIpc) is 3.21. The zero-order valence-corrected chi connectivity index (χ0v) is 23.7. The van der Waals surface area contributed by atoms with Crippen molar-refractivity contribution in [2.45, 2.75) is 60.6 Å². The molecule has 0 aliphatic heterocycles. The number of benzene rings is 2. The summed E-state index contributed by atoms with van der Waals surface area (Å²) in [6, 6.07) is 24.0. The van der Waals surface area contributed by atoms with E-state index in [1.54, 1.807) is 23.3 Å². The smallest absolute Gasteiger partial charge is 0.0632 e. The standard InChI is InChI=1S/C18H17.C9H13.C2H6Si.Zr/c1-2-8-16-13-15-11-6-7-12-17(15)18(16)14-9-4-3-5-10-14;1-6-5-7(2)9(4)8(6)3;1-3-2;/h3-7,9-13H,2,8H2,1H3;5H,1-4H3;1-2H3;/q2*-1;;+2. The van der Waals surface area contributed by atoms with E-state index in [2.05, 4.69) is 114 Å². The Morgan fingerprint density at radius 2 is 1.29 bits per heavy atom. The van der Waals surface area contributed by atoms with Crippen LogP contribution in [0.1, 0.15) is 41.2 Å². The molecule has 0 aliphatic rings. The van der Waals surface area contributed by atoms with Gasteiger partial charge in [0.2, 0.25) is 0 Å². The van der Waals surface area contributed by atoms with E-state index in [1.165, 1.54) is 56.1 Å². The Morgan fingerprint density at radius 3 is 1.77 bits per heavy atom. The van der Waals surface area contributed by atoms with Crippen LogP contribution in [0, 0.1) is 27.7 Å². The first-order valence-corrected chi connectivity index (χ1v) is 17.4. The molecular weight excluding hydrogens is 468 g/mol. The summed E-state index contributed by atoms with van der Waals surface area (Å²) in [4.78, 5) is 0. The van der Waals surface area contributed by atoms with Crippen LogP contribution in [0.25, 0.3) is 21.9 Å². The van der Waals surface area contributed by atoms with Gasteiger partial charge in [0.15, 0.2) is 0 Å². The molecule has 0 aromatic heterocycles. The molecule has 0 saturated heterocycles. The Balaban J connectivity index is 0.000000220. The van der Waals surface area contributed by atoms with Crippen LogP contribution < -0.4 is 0 Å². The summed E-state index contributed by atoms with van der Waals surface area (Å²) >= 11 is 1.74. The van der Waals surface area contributed by atoms with Gasteiger partial charge in [0.05, 0.1) is 0 Å². The largest absolute Gasteiger partial charge is 0.196 e. The van der Waals surface area contributed by atoms with Crippen LogP contribution in [-0.2, 0) is 29.8 Å². The predicted molar refractivity (Wildman–Crippen MR) is 137 cm³/mol. The van der Waals surface area contributed by atoms with Gasteiger partial charge in [-0.2, -0.15) is 28.3 Å². The van der Waals surface area contributed by atoms with Gasteiger partial charge in [0.1, 0.15) is 0 Å². The quantitative estimate of drug-likeness (QED) is 0.194. The summed E-state index contributed by atoms with van der Waals surface area (Å²) < 4.78 is 0. The van der Waals surface area contributed by atoms with Gasteiger partial charge in [-0.3, -0.25) is 0 Å². The second-order valence-electron chi connectivity index (χ2n) is 8.51. The van der Waals surface area contributed by atoms with Gasteiger partial charge in [0, 0.05) is 0 Å². The van der Waals surface area contributed by atoms with Crippen molar-refractivity contribution >= 4 is 16.2 Å². The Bertz CT molecular complexity index is 1090. The van der Waals surface area contributed by atoms with Crippen molar-refractivity contribution in [3.05, 3.63) is 94.5 Å². The maximum absolute atomic E-state index is 2.35. The Morgan fingerprint density at radius 1 is 0.774 bits per heavy atom.